The van der Waals surface area contributed by atoms with Crippen molar-refractivity contribution >= 4 is 5.82 Å². The van der Waals surface area contributed by atoms with E-state index < -0.39 is 0 Å². The summed E-state index contributed by atoms with van der Waals surface area (Å²) in [6.07, 6.45) is 7.32. The predicted molar refractivity (Wildman–Crippen MR) is 81.6 cm³/mol. The smallest absolute Gasteiger partial charge is 0.128 e. The third-order valence-corrected chi connectivity index (χ3v) is 4.13. The molecule has 1 aliphatic heterocycles. The molecule has 2 rings (SSSR count). The Kier molecular flexibility index (Phi) is 5.20. The van der Waals surface area contributed by atoms with Crippen molar-refractivity contribution < 1.29 is 0 Å². The molecule has 1 aromatic rings. The van der Waals surface area contributed by atoms with Crippen LogP contribution in [0, 0.1) is 0 Å². The van der Waals surface area contributed by atoms with Crippen LogP contribution in [0.3, 0.4) is 0 Å². The second-order valence-electron chi connectivity index (χ2n) is 5.62. The van der Waals surface area contributed by atoms with Gasteiger partial charge < -0.3 is 10.2 Å². The van der Waals surface area contributed by atoms with Crippen LogP contribution in [0.1, 0.15) is 58.1 Å². The number of pyridine rings is 1. The Labute approximate surface area is 117 Å². The maximum Gasteiger partial charge on any atom is 0.128 e. The van der Waals surface area contributed by atoms with Crippen molar-refractivity contribution in [2.75, 3.05) is 18.0 Å². The largest absolute Gasteiger partial charge is 0.354 e. The third kappa shape index (κ3) is 3.69. The zero-order chi connectivity index (χ0) is 13.7. The number of nitrogens with one attached hydrogen (secondary N) is 1. The molecule has 1 saturated heterocycles. The van der Waals surface area contributed by atoms with E-state index in [0.29, 0.717) is 12.1 Å². The summed E-state index contributed by atoms with van der Waals surface area (Å²) in [4.78, 5) is 7.15. The first-order chi connectivity index (χ1) is 9.22. The van der Waals surface area contributed by atoms with Gasteiger partial charge in [-0.2, -0.15) is 0 Å². The van der Waals surface area contributed by atoms with Gasteiger partial charge in [0.25, 0.3) is 0 Å². The molecule has 0 aliphatic carbocycles. The third-order valence-electron chi connectivity index (χ3n) is 4.13. The maximum absolute atomic E-state index is 4.68. The first kappa shape index (κ1) is 14.3. The zero-order valence-electron chi connectivity index (χ0n) is 12.5. The van der Waals surface area contributed by atoms with Crippen LogP contribution in [0.15, 0.2) is 18.3 Å². The molecule has 2 heterocycles. The highest BCUT2D eigenvalue weighted by Gasteiger charge is 2.18. The van der Waals surface area contributed by atoms with Crippen LogP contribution in [-0.4, -0.2) is 24.1 Å². The zero-order valence-corrected chi connectivity index (χ0v) is 12.5. The topological polar surface area (TPSA) is 28.2 Å². The van der Waals surface area contributed by atoms with Crippen LogP contribution < -0.4 is 10.2 Å². The van der Waals surface area contributed by atoms with Crippen molar-refractivity contribution in [3.63, 3.8) is 0 Å². The minimum Gasteiger partial charge on any atom is -0.354 e. The Morgan fingerprint density at radius 3 is 2.89 bits per heavy atom. The lowest BCUT2D eigenvalue weighted by Crippen LogP contribution is -2.33. The monoisotopic (exact) mass is 261 g/mol. The van der Waals surface area contributed by atoms with Crippen LogP contribution >= 0.6 is 0 Å². The number of nitrogens with zero attached hydrogens (tertiary/aromatic N) is 2. The van der Waals surface area contributed by atoms with Gasteiger partial charge >= 0.3 is 0 Å². The van der Waals surface area contributed by atoms with E-state index in [4.69, 9.17) is 0 Å². The first-order valence-corrected chi connectivity index (χ1v) is 7.68. The van der Waals surface area contributed by atoms with Crippen molar-refractivity contribution in [1.82, 2.24) is 10.3 Å². The molecule has 3 nitrogen and oxygen atoms in total. The molecule has 1 N–H and O–H groups in total. The van der Waals surface area contributed by atoms with E-state index in [0.717, 1.165) is 18.9 Å². The van der Waals surface area contributed by atoms with E-state index in [2.05, 4.69) is 48.1 Å². The highest BCUT2D eigenvalue weighted by atomic mass is 15.2. The van der Waals surface area contributed by atoms with Crippen LogP contribution in [0.4, 0.5) is 5.82 Å². The van der Waals surface area contributed by atoms with E-state index in [-0.39, 0.29) is 0 Å². The first-order valence-electron chi connectivity index (χ1n) is 7.68. The van der Waals surface area contributed by atoms with Gasteiger partial charge in [0, 0.05) is 24.8 Å². The number of anilines is 1. The van der Waals surface area contributed by atoms with Crippen molar-refractivity contribution in [3.05, 3.63) is 23.9 Å². The highest BCUT2D eigenvalue weighted by Crippen LogP contribution is 2.23. The molecule has 0 aromatic carbocycles. The van der Waals surface area contributed by atoms with Crippen LogP contribution in [0.2, 0.25) is 0 Å². The van der Waals surface area contributed by atoms with Gasteiger partial charge in [-0.25, -0.2) is 4.98 Å². The normalized spacial score (nSPS) is 22.1. The van der Waals surface area contributed by atoms with Crippen molar-refractivity contribution in [3.8, 4) is 0 Å². The van der Waals surface area contributed by atoms with Gasteiger partial charge in [0.15, 0.2) is 0 Å². The lowest BCUT2D eigenvalue weighted by Gasteiger charge is -2.28. The lowest BCUT2D eigenvalue weighted by atomic mass is 10.1. The van der Waals surface area contributed by atoms with E-state index >= 15 is 0 Å². The maximum atomic E-state index is 4.68. The molecule has 0 spiro atoms. The fraction of sp³-hybridized carbons (Fsp3) is 0.688. The van der Waals surface area contributed by atoms with E-state index in [9.17, 15) is 0 Å². The Hall–Kier alpha value is -1.09. The Balaban J connectivity index is 2.08. The summed E-state index contributed by atoms with van der Waals surface area (Å²) in [5.74, 6) is 1.14. The van der Waals surface area contributed by atoms with Crippen LogP contribution in [-0.2, 0) is 0 Å². The number of hydrogen-bond donors (Lipinski definition) is 1. The number of rotatable bonds is 4. The summed E-state index contributed by atoms with van der Waals surface area (Å²) in [5, 5.41) is 3.43. The molecule has 0 amide bonds. The van der Waals surface area contributed by atoms with E-state index in [1.165, 1.54) is 31.2 Å². The summed E-state index contributed by atoms with van der Waals surface area (Å²) in [6.45, 7) is 8.79. The second-order valence-corrected chi connectivity index (χ2v) is 5.62. The predicted octanol–water partition coefficient (Wildman–Crippen LogP) is 3.52. The average molecular weight is 261 g/mol. The highest BCUT2D eigenvalue weighted by molar-refractivity contribution is 5.41. The Morgan fingerprint density at radius 1 is 1.37 bits per heavy atom. The van der Waals surface area contributed by atoms with E-state index in [1.807, 2.05) is 6.20 Å². The standard InChI is InChI=1S/C16H27N3/c1-4-17-14(3)15-9-10-16(18-12-15)19-11-7-5-6-8-13(19)2/h9-10,12-14,17H,4-8,11H2,1-3H3. The quantitative estimate of drug-likeness (QED) is 0.899. The summed E-state index contributed by atoms with van der Waals surface area (Å²) in [5.41, 5.74) is 1.27. The molecule has 0 saturated carbocycles. The summed E-state index contributed by atoms with van der Waals surface area (Å²) in [7, 11) is 0. The second kappa shape index (κ2) is 6.90. The summed E-state index contributed by atoms with van der Waals surface area (Å²) < 4.78 is 0. The van der Waals surface area contributed by atoms with Gasteiger partial charge in [-0.1, -0.05) is 25.8 Å². The van der Waals surface area contributed by atoms with Crippen LogP contribution in [0.25, 0.3) is 0 Å². The van der Waals surface area contributed by atoms with E-state index in [1.54, 1.807) is 0 Å². The SMILES string of the molecule is CCNC(C)c1ccc(N2CCCCCC2C)nc1. The lowest BCUT2D eigenvalue weighted by molar-refractivity contribution is 0.593. The molecule has 1 aromatic heterocycles. The molecule has 3 heteroatoms. The minimum absolute atomic E-state index is 0.383. The Morgan fingerprint density at radius 2 is 2.21 bits per heavy atom. The summed E-state index contributed by atoms with van der Waals surface area (Å²) in [6, 6.07) is 5.40. The molecule has 0 bridgehead atoms. The molecular weight excluding hydrogens is 234 g/mol. The molecule has 1 fully saturated rings. The summed E-state index contributed by atoms with van der Waals surface area (Å²) >= 11 is 0. The van der Waals surface area contributed by atoms with Gasteiger partial charge in [-0.15, -0.1) is 0 Å². The molecule has 2 unspecified atom stereocenters. The van der Waals surface area contributed by atoms with Crippen molar-refractivity contribution in [2.24, 2.45) is 0 Å². The molecule has 0 radical (unpaired) electrons. The number of aromatic nitrogens is 1. The minimum atomic E-state index is 0.383. The molecule has 19 heavy (non-hydrogen) atoms. The molecule has 2 atom stereocenters. The van der Waals surface area contributed by atoms with Crippen molar-refractivity contribution in [1.29, 1.82) is 0 Å². The van der Waals surface area contributed by atoms with Gasteiger partial charge in [0.1, 0.15) is 5.82 Å². The fourth-order valence-corrected chi connectivity index (χ4v) is 2.86. The van der Waals surface area contributed by atoms with Gasteiger partial charge in [-0.05, 0) is 44.9 Å². The number of hydrogen-bond acceptors (Lipinski definition) is 3. The Bertz CT molecular complexity index is 374. The fourth-order valence-electron chi connectivity index (χ4n) is 2.86. The molecular formula is C16H27N3. The average Bonchev–Trinajstić information content (AvgIpc) is 2.64. The van der Waals surface area contributed by atoms with Gasteiger partial charge in [-0.3, -0.25) is 0 Å². The van der Waals surface area contributed by atoms with Gasteiger partial charge in [0.2, 0.25) is 0 Å². The molecule has 106 valence electrons. The van der Waals surface area contributed by atoms with Crippen LogP contribution in [0.5, 0.6) is 0 Å². The van der Waals surface area contributed by atoms with Crippen molar-refractivity contribution in [2.45, 2.75) is 58.5 Å². The van der Waals surface area contributed by atoms with Gasteiger partial charge in [0.05, 0.1) is 0 Å². The molecule has 1 aliphatic rings.